The molecule has 0 unspecified atom stereocenters. The maximum absolute atomic E-state index is 13.4. The van der Waals surface area contributed by atoms with Crippen molar-refractivity contribution in [1.82, 2.24) is 4.90 Å². The molecule has 0 spiro atoms. The number of rotatable bonds is 5. The van der Waals surface area contributed by atoms with Crippen LogP contribution in [0.4, 0.5) is 15.8 Å². The van der Waals surface area contributed by atoms with Gasteiger partial charge in [0.25, 0.3) is 11.6 Å². The van der Waals surface area contributed by atoms with E-state index in [1.165, 1.54) is 4.90 Å². The van der Waals surface area contributed by atoms with Crippen molar-refractivity contribution < 1.29 is 19.2 Å². The number of benzene rings is 1. The summed E-state index contributed by atoms with van der Waals surface area (Å²) in [4.78, 5) is 23.6. The number of carbonyl (C=O) groups excluding carboxylic acids is 1. The van der Waals surface area contributed by atoms with Crippen LogP contribution in [0.1, 0.15) is 23.2 Å². The van der Waals surface area contributed by atoms with Crippen LogP contribution in [0, 0.1) is 15.9 Å². The third-order valence-electron chi connectivity index (χ3n) is 3.14. The highest BCUT2D eigenvalue weighted by molar-refractivity contribution is 6.01. The van der Waals surface area contributed by atoms with Gasteiger partial charge in [0.05, 0.1) is 23.2 Å². The fraction of sp³-hybridized carbons (Fsp3) is 0.417. The van der Waals surface area contributed by atoms with E-state index in [-0.39, 0.29) is 30.4 Å². The van der Waals surface area contributed by atoms with E-state index in [2.05, 4.69) is 0 Å². The predicted octanol–water partition coefficient (Wildman–Crippen LogP) is 0.913. The number of carbonyl (C=O) groups is 1. The number of aliphatic hydroxyl groups is 1. The normalized spacial score (nSPS) is 14.1. The number of hydrogen-bond donors (Lipinski definition) is 2. The Morgan fingerprint density at radius 3 is 2.70 bits per heavy atom. The van der Waals surface area contributed by atoms with Crippen LogP contribution in [0.25, 0.3) is 0 Å². The summed E-state index contributed by atoms with van der Waals surface area (Å²) in [5.74, 6) is -1.49. The van der Waals surface area contributed by atoms with Crippen molar-refractivity contribution in [2.45, 2.75) is 18.9 Å². The lowest BCUT2D eigenvalue weighted by Crippen LogP contribution is -2.36. The summed E-state index contributed by atoms with van der Waals surface area (Å²) in [6.45, 7) is -0.146. The molecule has 1 aromatic carbocycles. The Morgan fingerprint density at radius 2 is 2.20 bits per heavy atom. The minimum absolute atomic E-state index is 0.0172. The van der Waals surface area contributed by atoms with Crippen LogP contribution in [-0.2, 0) is 0 Å². The van der Waals surface area contributed by atoms with Crippen LogP contribution >= 0.6 is 0 Å². The lowest BCUT2D eigenvalue weighted by atomic mass is 10.1. The van der Waals surface area contributed by atoms with Crippen LogP contribution in [0.5, 0.6) is 0 Å². The highest BCUT2D eigenvalue weighted by Gasteiger charge is 2.34. The summed E-state index contributed by atoms with van der Waals surface area (Å²) >= 11 is 0. The van der Waals surface area contributed by atoms with Crippen molar-refractivity contribution in [1.29, 1.82) is 0 Å². The summed E-state index contributed by atoms with van der Waals surface area (Å²) < 4.78 is 13.4. The Hall–Kier alpha value is -2.22. The second-order valence-corrected chi connectivity index (χ2v) is 4.60. The van der Waals surface area contributed by atoms with Gasteiger partial charge in [-0.15, -0.1) is 0 Å². The number of nitro benzene ring substituents is 1. The maximum atomic E-state index is 13.4. The number of amides is 1. The molecule has 0 atom stereocenters. The number of nitrogens with two attached hydrogens (primary N) is 1. The van der Waals surface area contributed by atoms with E-state index in [1.54, 1.807) is 0 Å². The molecule has 0 bridgehead atoms. The molecule has 2 rings (SSSR count). The number of anilines is 1. The lowest BCUT2D eigenvalue weighted by Gasteiger charge is -2.22. The summed E-state index contributed by atoms with van der Waals surface area (Å²) in [5, 5.41) is 19.8. The first-order valence-electron chi connectivity index (χ1n) is 6.11. The predicted molar refractivity (Wildman–Crippen MR) is 68.6 cm³/mol. The van der Waals surface area contributed by atoms with Crippen LogP contribution in [0.15, 0.2) is 12.1 Å². The quantitative estimate of drug-likeness (QED) is 0.474. The molecular formula is C12H14FN3O4. The summed E-state index contributed by atoms with van der Waals surface area (Å²) in [6.07, 6.45) is 1.59. The van der Waals surface area contributed by atoms with E-state index in [4.69, 9.17) is 10.8 Å². The van der Waals surface area contributed by atoms with E-state index in [9.17, 15) is 19.3 Å². The van der Waals surface area contributed by atoms with E-state index in [0.717, 1.165) is 18.9 Å². The number of aliphatic hydroxyl groups excluding tert-OH is 1. The zero-order valence-corrected chi connectivity index (χ0v) is 10.6. The molecule has 0 heterocycles. The first kappa shape index (κ1) is 14.2. The zero-order chi connectivity index (χ0) is 14.9. The number of nitrogens with zero attached hydrogens (tertiary/aromatic N) is 2. The molecule has 0 saturated heterocycles. The van der Waals surface area contributed by atoms with Gasteiger partial charge in [-0.3, -0.25) is 14.9 Å². The number of halogens is 1. The average Bonchev–Trinajstić information content (AvgIpc) is 3.21. The minimum Gasteiger partial charge on any atom is -0.395 e. The van der Waals surface area contributed by atoms with E-state index < -0.39 is 22.3 Å². The van der Waals surface area contributed by atoms with Gasteiger partial charge in [-0.2, -0.15) is 0 Å². The number of hydrogen-bond acceptors (Lipinski definition) is 5. The summed E-state index contributed by atoms with van der Waals surface area (Å²) in [7, 11) is 0. The fourth-order valence-corrected chi connectivity index (χ4v) is 2.03. The van der Waals surface area contributed by atoms with Crippen LogP contribution in [-0.4, -0.2) is 40.0 Å². The molecule has 1 amide bonds. The molecule has 1 aliphatic rings. The number of nitro groups is 1. The monoisotopic (exact) mass is 283 g/mol. The summed E-state index contributed by atoms with van der Waals surface area (Å²) in [5.41, 5.74) is 4.36. The SMILES string of the molecule is Nc1c(C(=O)N(CCO)C2CC2)cc(F)cc1[N+](=O)[O-]. The largest absolute Gasteiger partial charge is 0.395 e. The van der Waals surface area contributed by atoms with Gasteiger partial charge >= 0.3 is 0 Å². The van der Waals surface area contributed by atoms with Gasteiger partial charge in [-0.1, -0.05) is 0 Å². The summed E-state index contributed by atoms with van der Waals surface area (Å²) in [6, 6.07) is 1.55. The van der Waals surface area contributed by atoms with Gasteiger partial charge in [-0.25, -0.2) is 4.39 Å². The van der Waals surface area contributed by atoms with Gasteiger partial charge in [-0.05, 0) is 18.9 Å². The molecule has 1 fully saturated rings. The fourth-order valence-electron chi connectivity index (χ4n) is 2.03. The average molecular weight is 283 g/mol. The second kappa shape index (κ2) is 5.41. The van der Waals surface area contributed by atoms with Crippen molar-refractivity contribution in [2.75, 3.05) is 18.9 Å². The van der Waals surface area contributed by atoms with Crippen molar-refractivity contribution in [2.24, 2.45) is 0 Å². The first-order chi connectivity index (χ1) is 9.45. The smallest absolute Gasteiger partial charge is 0.295 e. The minimum atomic E-state index is -0.894. The van der Waals surface area contributed by atoms with Crippen LogP contribution in [0.2, 0.25) is 0 Å². The molecule has 0 radical (unpaired) electrons. The first-order valence-corrected chi connectivity index (χ1v) is 6.11. The van der Waals surface area contributed by atoms with Gasteiger partial charge in [0.15, 0.2) is 0 Å². The second-order valence-electron chi connectivity index (χ2n) is 4.60. The zero-order valence-electron chi connectivity index (χ0n) is 10.6. The Morgan fingerprint density at radius 1 is 1.55 bits per heavy atom. The molecule has 1 saturated carbocycles. The molecule has 1 aliphatic carbocycles. The van der Waals surface area contributed by atoms with Gasteiger partial charge in [0.1, 0.15) is 11.5 Å². The molecule has 8 heteroatoms. The Bertz CT molecular complexity index is 560. The topological polar surface area (TPSA) is 110 Å². The van der Waals surface area contributed by atoms with Gasteiger partial charge < -0.3 is 15.7 Å². The third kappa shape index (κ3) is 2.69. The van der Waals surface area contributed by atoms with Crippen molar-refractivity contribution in [3.63, 3.8) is 0 Å². The van der Waals surface area contributed by atoms with Gasteiger partial charge in [0.2, 0.25) is 0 Å². The van der Waals surface area contributed by atoms with E-state index >= 15 is 0 Å². The van der Waals surface area contributed by atoms with Crippen LogP contribution < -0.4 is 5.73 Å². The molecule has 108 valence electrons. The third-order valence-corrected chi connectivity index (χ3v) is 3.14. The molecule has 0 aliphatic heterocycles. The molecular weight excluding hydrogens is 269 g/mol. The van der Waals surface area contributed by atoms with E-state index in [1.807, 2.05) is 0 Å². The molecule has 0 aromatic heterocycles. The Kier molecular flexibility index (Phi) is 3.84. The van der Waals surface area contributed by atoms with Crippen molar-refractivity contribution in [3.05, 3.63) is 33.6 Å². The van der Waals surface area contributed by atoms with Crippen LogP contribution in [0.3, 0.4) is 0 Å². The maximum Gasteiger partial charge on any atom is 0.295 e. The molecule has 20 heavy (non-hydrogen) atoms. The van der Waals surface area contributed by atoms with E-state index in [0.29, 0.717) is 6.07 Å². The highest BCUT2D eigenvalue weighted by Crippen LogP contribution is 2.32. The van der Waals surface area contributed by atoms with Crippen molar-refractivity contribution >= 4 is 17.3 Å². The molecule has 7 nitrogen and oxygen atoms in total. The van der Waals surface area contributed by atoms with Crippen molar-refractivity contribution in [3.8, 4) is 0 Å². The molecule has 3 N–H and O–H groups in total. The van der Waals surface area contributed by atoms with Gasteiger partial charge in [0, 0.05) is 12.6 Å². The lowest BCUT2D eigenvalue weighted by molar-refractivity contribution is -0.384. The molecule has 1 aromatic rings. The number of nitrogen functional groups attached to an aromatic ring is 1. The standard InChI is InChI=1S/C12H14FN3O4/c13-7-5-9(11(14)10(6-7)16(19)20)12(18)15(3-4-17)8-1-2-8/h5-6,8,17H,1-4,14H2. The Balaban J connectivity index is 2.40. The highest BCUT2D eigenvalue weighted by atomic mass is 19.1. The Labute approximate surface area is 113 Å².